The van der Waals surface area contributed by atoms with E-state index >= 15 is 0 Å². The van der Waals surface area contributed by atoms with Gasteiger partial charge in [0, 0.05) is 29.3 Å². The van der Waals surface area contributed by atoms with Gasteiger partial charge in [-0.05, 0) is 49.7 Å². The minimum Gasteiger partial charge on any atom is -0.384 e. The van der Waals surface area contributed by atoms with Crippen LogP contribution in [0.25, 0.3) is 10.9 Å². The number of nitrogens with zero attached hydrogens (tertiary/aromatic N) is 2. The summed E-state index contributed by atoms with van der Waals surface area (Å²) in [7, 11) is 0. The van der Waals surface area contributed by atoms with Crippen molar-refractivity contribution in [2.75, 3.05) is 0 Å². The van der Waals surface area contributed by atoms with Crippen molar-refractivity contribution in [3.63, 3.8) is 0 Å². The zero-order chi connectivity index (χ0) is 17.3. The second-order valence-corrected chi connectivity index (χ2v) is 6.75. The van der Waals surface area contributed by atoms with Gasteiger partial charge in [0.2, 0.25) is 0 Å². The monoisotopic (exact) mass is 340 g/mol. The molecular weight excluding hydrogens is 324 g/mol. The summed E-state index contributed by atoms with van der Waals surface area (Å²) in [6, 6.07) is 11.1. The first-order valence-corrected chi connectivity index (χ1v) is 7.96. The number of hydrogen-bond acceptors (Lipinski definition) is 4. The number of aliphatic hydroxyl groups is 1. The Morgan fingerprint density at radius 2 is 2.00 bits per heavy atom. The third-order valence-electron chi connectivity index (χ3n) is 3.76. The van der Waals surface area contributed by atoms with Crippen LogP contribution in [0.2, 0.25) is 5.02 Å². The number of aromatic nitrogens is 2. The maximum absolute atomic E-state index is 11.2. The van der Waals surface area contributed by atoms with Crippen molar-refractivity contribution >= 4 is 28.8 Å². The SMILES string of the molecule is CC(C)(O)c1cc(C=O)cc(Cc2ccc3ncc(Cl)cc3c2)n1. The van der Waals surface area contributed by atoms with Crippen LogP contribution in [0.1, 0.15) is 41.2 Å². The molecular formula is C19H17ClN2O2. The topological polar surface area (TPSA) is 63.1 Å². The second-order valence-electron chi connectivity index (χ2n) is 6.31. The number of rotatable bonds is 4. The van der Waals surface area contributed by atoms with Gasteiger partial charge in [0.15, 0.2) is 0 Å². The van der Waals surface area contributed by atoms with Crippen LogP contribution < -0.4 is 0 Å². The highest BCUT2D eigenvalue weighted by atomic mass is 35.5. The molecule has 1 N–H and O–H groups in total. The molecule has 0 radical (unpaired) electrons. The molecule has 0 aliphatic rings. The van der Waals surface area contributed by atoms with E-state index in [-0.39, 0.29) is 0 Å². The predicted octanol–water partition coefficient (Wildman–Crippen LogP) is 3.91. The molecule has 3 rings (SSSR count). The fraction of sp³-hybridized carbons (Fsp3) is 0.211. The molecule has 122 valence electrons. The first kappa shape index (κ1) is 16.6. The number of carbonyl (C=O) groups excluding carboxylic acids is 1. The van der Waals surface area contributed by atoms with Gasteiger partial charge >= 0.3 is 0 Å². The van der Waals surface area contributed by atoms with Crippen molar-refractivity contribution in [1.29, 1.82) is 0 Å². The summed E-state index contributed by atoms with van der Waals surface area (Å²) in [4.78, 5) is 19.9. The lowest BCUT2D eigenvalue weighted by Crippen LogP contribution is -2.19. The quantitative estimate of drug-likeness (QED) is 0.731. The lowest BCUT2D eigenvalue weighted by molar-refractivity contribution is 0.0736. The molecule has 1 aromatic carbocycles. The number of benzene rings is 1. The van der Waals surface area contributed by atoms with Crippen LogP contribution in [-0.2, 0) is 12.0 Å². The van der Waals surface area contributed by atoms with Crippen molar-refractivity contribution in [2.45, 2.75) is 25.9 Å². The van der Waals surface area contributed by atoms with Gasteiger partial charge in [-0.15, -0.1) is 0 Å². The van der Waals surface area contributed by atoms with Crippen molar-refractivity contribution in [2.24, 2.45) is 0 Å². The zero-order valence-electron chi connectivity index (χ0n) is 13.5. The fourth-order valence-corrected chi connectivity index (χ4v) is 2.72. The van der Waals surface area contributed by atoms with Crippen LogP contribution >= 0.6 is 11.6 Å². The van der Waals surface area contributed by atoms with Crippen LogP contribution in [0.5, 0.6) is 0 Å². The Labute approximate surface area is 145 Å². The standard InChI is InChI=1S/C19H17ClN2O2/c1-19(2,24)18-8-13(11-23)7-16(22-18)6-12-3-4-17-14(5-12)9-15(20)10-21-17/h3-5,7-11,24H,6H2,1-2H3. The van der Waals surface area contributed by atoms with Crippen LogP contribution in [-0.4, -0.2) is 21.4 Å². The molecule has 5 heteroatoms. The fourth-order valence-electron chi connectivity index (χ4n) is 2.56. The normalized spacial score (nSPS) is 11.7. The summed E-state index contributed by atoms with van der Waals surface area (Å²) in [6.07, 6.45) is 2.94. The molecule has 0 atom stereocenters. The van der Waals surface area contributed by atoms with Gasteiger partial charge < -0.3 is 5.11 Å². The van der Waals surface area contributed by atoms with Gasteiger partial charge in [0.25, 0.3) is 0 Å². The predicted molar refractivity (Wildman–Crippen MR) is 94.4 cm³/mol. The highest BCUT2D eigenvalue weighted by molar-refractivity contribution is 6.31. The number of carbonyl (C=O) groups is 1. The molecule has 3 aromatic rings. The number of pyridine rings is 2. The van der Waals surface area contributed by atoms with Crippen molar-refractivity contribution < 1.29 is 9.90 Å². The van der Waals surface area contributed by atoms with Crippen molar-refractivity contribution in [3.05, 3.63) is 70.1 Å². The molecule has 2 aromatic heterocycles. The Morgan fingerprint density at radius 1 is 1.21 bits per heavy atom. The van der Waals surface area contributed by atoms with Crippen molar-refractivity contribution in [3.8, 4) is 0 Å². The van der Waals surface area contributed by atoms with Gasteiger partial charge in [0.1, 0.15) is 11.9 Å². The smallest absolute Gasteiger partial charge is 0.150 e. The summed E-state index contributed by atoms with van der Waals surface area (Å²) in [5.74, 6) is 0. The molecule has 0 aliphatic carbocycles. The average Bonchev–Trinajstić information content (AvgIpc) is 2.53. The summed E-state index contributed by atoms with van der Waals surface area (Å²) in [5.41, 5.74) is 2.51. The molecule has 0 amide bonds. The van der Waals surface area contributed by atoms with Crippen molar-refractivity contribution in [1.82, 2.24) is 9.97 Å². The van der Waals surface area contributed by atoms with E-state index in [0.717, 1.165) is 28.4 Å². The Morgan fingerprint density at radius 3 is 2.71 bits per heavy atom. The van der Waals surface area contributed by atoms with Gasteiger partial charge in [0.05, 0.1) is 16.2 Å². The lowest BCUT2D eigenvalue weighted by atomic mass is 10.00. The minimum absolute atomic E-state index is 0.479. The largest absolute Gasteiger partial charge is 0.384 e. The molecule has 2 heterocycles. The molecule has 0 fully saturated rings. The highest BCUT2D eigenvalue weighted by Gasteiger charge is 2.19. The van der Waals surface area contributed by atoms with E-state index in [1.807, 2.05) is 24.3 Å². The van der Waals surface area contributed by atoms with Crippen LogP contribution in [0.3, 0.4) is 0 Å². The molecule has 0 spiro atoms. The Balaban J connectivity index is 2.00. The third kappa shape index (κ3) is 3.61. The molecule has 4 nitrogen and oxygen atoms in total. The number of halogens is 1. The second kappa shape index (κ2) is 6.30. The van der Waals surface area contributed by atoms with Gasteiger partial charge in [-0.25, -0.2) is 0 Å². The van der Waals surface area contributed by atoms with Gasteiger partial charge in [-0.2, -0.15) is 0 Å². The van der Waals surface area contributed by atoms with E-state index in [1.165, 1.54) is 0 Å². The Kier molecular flexibility index (Phi) is 4.35. The van der Waals surface area contributed by atoms with Crippen LogP contribution in [0.15, 0.2) is 42.6 Å². The van der Waals surface area contributed by atoms with Gasteiger partial charge in [-0.3, -0.25) is 14.8 Å². The lowest BCUT2D eigenvalue weighted by Gasteiger charge is -2.18. The highest BCUT2D eigenvalue weighted by Crippen LogP contribution is 2.22. The summed E-state index contributed by atoms with van der Waals surface area (Å²) in [5, 5.41) is 11.7. The number of fused-ring (bicyclic) bond motifs is 1. The molecule has 0 saturated heterocycles. The molecule has 0 saturated carbocycles. The van der Waals surface area contributed by atoms with E-state index in [9.17, 15) is 9.90 Å². The van der Waals surface area contributed by atoms with E-state index in [4.69, 9.17) is 11.6 Å². The van der Waals surface area contributed by atoms with E-state index < -0.39 is 5.60 Å². The van der Waals surface area contributed by atoms with Gasteiger partial charge in [-0.1, -0.05) is 17.7 Å². The summed E-state index contributed by atoms with van der Waals surface area (Å²) < 4.78 is 0. The third-order valence-corrected chi connectivity index (χ3v) is 3.97. The summed E-state index contributed by atoms with van der Waals surface area (Å²) in [6.45, 7) is 3.30. The zero-order valence-corrected chi connectivity index (χ0v) is 14.2. The van der Waals surface area contributed by atoms with Crippen LogP contribution in [0, 0.1) is 0 Å². The van der Waals surface area contributed by atoms with Crippen LogP contribution in [0.4, 0.5) is 0 Å². The Hall–Kier alpha value is -2.30. The number of hydrogen-bond donors (Lipinski definition) is 1. The molecule has 0 unspecified atom stereocenters. The van der Waals surface area contributed by atoms with E-state index in [1.54, 1.807) is 32.2 Å². The maximum atomic E-state index is 11.2. The molecule has 0 aliphatic heterocycles. The number of aldehydes is 1. The van der Waals surface area contributed by atoms with E-state index in [2.05, 4.69) is 9.97 Å². The maximum Gasteiger partial charge on any atom is 0.150 e. The molecule has 0 bridgehead atoms. The molecule has 24 heavy (non-hydrogen) atoms. The minimum atomic E-state index is -1.10. The Bertz CT molecular complexity index is 917. The average molecular weight is 341 g/mol. The van der Waals surface area contributed by atoms with E-state index in [0.29, 0.717) is 22.7 Å². The first-order chi connectivity index (χ1) is 11.3. The first-order valence-electron chi connectivity index (χ1n) is 7.58. The summed E-state index contributed by atoms with van der Waals surface area (Å²) >= 11 is 6.00.